The second kappa shape index (κ2) is 4.11. The minimum absolute atomic E-state index is 0.290. The van der Waals surface area contributed by atoms with Gasteiger partial charge in [-0.15, -0.1) is 0 Å². The number of benzene rings is 1. The Bertz CT molecular complexity index is 366. The molecule has 0 bridgehead atoms. The quantitative estimate of drug-likeness (QED) is 0.753. The molecule has 1 aliphatic heterocycles. The predicted octanol–water partition coefficient (Wildman–Crippen LogP) is 2.86. The normalized spacial score (nSPS) is 19.1. The highest BCUT2D eigenvalue weighted by atomic mass is 35.5. The molecular formula is C11H11ClFN. The predicted molar refractivity (Wildman–Crippen MR) is 56.9 cm³/mol. The first-order valence-corrected chi connectivity index (χ1v) is 4.99. The molecule has 2 rings (SSSR count). The van der Waals surface area contributed by atoms with Crippen LogP contribution in [0.25, 0.3) is 6.08 Å². The lowest BCUT2D eigenvalue weighted by Gasteiger charge is -2.00. The molecule has 0 unspecified atom stereocenters. The molecule has 1 aromatic rings. The van der Waals surface area contributed by atoms with Crippen LogP contribution in [0.15, 0.2) is 23.8 Å². The van der Waals surface area contributed by atoms with Crippen molar-refractivity contribution in [3.05, 3.63) is 40.2 Å². The Hall–Kier alpha value is -0.860. The molecule has 14 heavy (non-hydrogen) atoms. The van der Waals surface area contributed by atoms with Crippen LogP contribution in [0, 0.1) is 5.82 Å². The van der Waals surface area contributed by atoms with Crippen LogP contribution < -0.4 is 5.32 Å². The lowest BCUT2D eigenvalue weighted by molar-refractivity contribution is 0.628. The summed E-state index contributed by atoms with van der Waals surface area (Å²) in [7, 11) is 0. The van der Waals surface area contributed by atoms with E-state index in [1.165, 1.54) is 17.7 Å². The van der Waals surface area contributed by atoms with E-state index in [9.17, 15) is 4.39 Å². The molecular weight excluding hydrogens is 201 g/mol. The van der Waals surface area contributed by atoms with Gasteiger partial charge in [0.25, 0.3) is 0 Å². The fourth-order valence-corrected chi connectivity index (χ4v) is 1.77. The molecule has 0 atom stereocenters. The van der Waals surface area contributed by atoms with Crippen molar-refractivity contribution >= 4 is 17.7 Å². The van der Waals surface area contributed by atoms with E-state index in [0.29, 0.717) is 5.02 Å². The van der Waals surface area contributed by atoms with E-state index in [-0.39, 0.29) is 5.82 Å². The van der Waals surface area contributed by atoms with Crippen LogP contribution in [-0.2, 0) is 0 Å². The van der Waals surface area contributed by atoms with E-state index in [1.807, 2.05) is 6.08 Å². The number of halogens is 2. The lowest BCUT2D eigenvalue weighted by Crippen LogP contribution is -2.04. The largest absolute Gasteiger partial charge is 0.313 e. The van der Waals surface area contributed by atoms with Gasteiger partial charge >= 0.3 is 0 Å². The first-order valence-electron chi connectivity index (χ1n) is 4.61. The lowest BCUT2D eigenvalue weighted by atomic mass is 10.1. The van der Waals surface area contributed by atoms with Crippen molar-refractivity contribution in [2.24, 2.45) is 0 Å². The molecule has 74 valence electrons. The van der Waals surface area contributed by atoms with Gasteiger partial charge in [0, 0.05) is 6.54 Å². The van der Waals surface area contributed by atoms with Crippen LogP contribution >= 0.6 is 11.6 Å². The maximum absolute atomic E-state index is 12.7. The Kier molecular flexibility index (Phi) is 2.85. The van der Waals surface area contributed by atoms with Gasteiger partial charge < -0.3 is 5.32 Å². The average Bonchev–Trinajstić information content (AvgIpc) is 2.62. The average molecular weight is 212 g/mol. The van der Waals surface area contributed by atoms with Crippen LogP contribution in [0.2, 0.25) is 5.02 Å². The van der Waals surface area contributed by atoms with Gasteiger partial charge in [-0.25, -0.2) is 4.39 Å². The van der Waals surface area contributed by atoms with E-state index >= 15 is 0 Å². The van der Waals surface area contributed by atoms with Gasteiger partial charge in [0.2, 0.25) is 0 Å². The fraction of sp³-hybridized carbons (Fsp3) is 0.273. The van der Waals surface area contributed by atoms with Gasteiger partial charge in [0.1, 0.15) is 5.82 Å². The summed E-state index contributed by atoms with van der Waals surface area (Å²) >= 11 is 5.90. The summed E-state index contributed by atoms with van der Waals surface area (Å²) in [6, 6.07) is 4.49. The smallest absolute Gasteiger partial charge is 0.124 e. The molecule has 1 aliphatic rings. The van der Waals surface area contributed by atoms with Crippen molar-refractivity contribution in [1.82, 2.24) is 5.32 Å². The van der Waals surface area contributed by atoms with Crippen molar-refractivity contribution in [2.75, 3.05) is 13.1 Å². The van der Waals surface area contributed by atoms with Gasteiger partial charge in [-0.1, -0.05) is 29.3 Å². The monoisotopic (exact) mass is 211 g/mol. The molecule has 1 saturated heterocycles. The second-order valence-electron chi connectivity index (χ2n) is 3.40. The minimum Gasteiger partial charge on any atom is -0.313 e. The van der Waals surface area contributed by atoms with Crippen molar-refractivity contribution in [2.45, 2.75) is 6.42 Å². The van der Waals surface area contributed by atoms with Gasteiger partial charge in [0.15, 0.2) is 0 Å². The Morgan fingerprint density at radius 2 is 2.29 bits per heavy atom. The van der Waals surface area contributed by atoms with Crippen LogP contribution in [0.4, 0.5) is 4.39 Å². The zero-order valence-corrected chi connectivity index (χ0v) is 8.44. The summed E-state index contributed by atoms with van der Waals surface area (Å²) in [4.78, 5) is 0. The van der Waals surface area contributed by atoms with Crippen LogP contribution in [0.1, 0.15) is 12.0 Å². The number of hydrogen-bond acceptors (Lipinski definition) is 1. The topological polar surface area (TPSA) is 12.0 Å². The molecule has 0 aliphatic carbocycles. The van der Waals surface area contributed by atoms with Crippen LogP contribution in [0.3, 0.4) is 0 Å². The molecule has 0 saturated carbocycles. The summed E-state index contributed by atoms with van der Waals surface area (Å²) in [5, 5.41) is 3.71. The number of nitrogens with one attached hydrogen (secondary N) is 1. The van der Waals surface area contributed by atoms with Gasteiger partial charge in [-0.3, -0.25) is 0 Å². The van der Waals surface area contributed by atoms with Gasteiger partial charge in [-0.05, 0) is 30.7 Å². The Morgan fingerprint density at radius 1 is 1.43 bits per heavy atom. The van der Waals surface area contributed by atoms with Gasteiger partial charge in [-0.2, -0.15) is 0 Å². The third-order valence-corrected chi connectivity index (χ3v) is 2.62. The van der Waals surface area contributed by atoms with Crippen molar-refractivity contribution in [3.63, 3.8) is 0 Å². The molecule has 1 heterocycles. The first-order chi connectivity index (χ1) is 6.75. The van der Waals surface area contributed by atoms with Gasteiger partial charge in [0.05, 0.1) is 5.02 Å². The molecule has 0 radical (unpaired) electrons. The summed E-state index contributed by atoms with van der Waals surface area (Å²) in [6.07, 6.45) is 3.08. The molecule has 1 N–H and O–H groups in total. The Morgan fingerprint density at radius 3 is 2.93 bits per heavy atom. The number of hydrogen-bond donors (Lipinski definition) is 1. The van der Waals surface area contributed by atoms with Crippen molar-refractivity contribution in [3.8, 4) is 0 Å². The standard InChI is InChI=1S/C11H11ClFN/c12-11-6-10(13)2-1-9(11)5-8-3-4-14-7-8/h1-2,5-6,14H,3-4,7H2. The highest BCUT2D eigenvalue weighted by Gasteiger charge is 2.06. The summed E-state index contributed by atoms with van der Waals surface area (Å²) in [6.45, 7) is 1.93. The first kappa shape index (κ1) is 9.69. The Balaban J connectivity index is 2.28. The van der Waals surface area contributed by atoms with Crippen molar-refractivity contribution in [1.29, 1.82) is 0 Å². The second-order valence-corrected chi connectivity index (χ2v) is 3.80. The van der Waals surface area contributed by atoms with E-state index in [2.05, 4.69) is 5.32 Å². The van der Waals surface area contributed by atoms with Crippen LogP contribution in [-0.4, -0.2) is 13.1 Å². The number of rotatable bonds is 1. The highest BCUT2D eigenvalue weighted by molar-refractivity contribution is 6.32. The fourth-order valence-electron chi connectivity index (χ4n) is 1.55. The van der Waals surface area contributed by atoms with Crippen molar-refractivity contribution < 1.29 is 4.39 Å². The van der Waals surface area contributed by atoms with E-state index in [0.717, 1.165) is 25.1 Å². The van der Waals surface area contributed by atoms with E-state index in [4.69, 9.17) is 11.6 Å². The van der Waals surface area contributed by atoms with Crippen LogP contribution in [0.5, 0.6) is 0 Å². The van der Waals surface area contributed by atoms with E-state index in [1.54, 1.807) is 6.07 Å². The zero-order valence-electron chi connectivity index (χ0n) is 7.69. The molecule has 0 spiro atoms. The Labute approximate surface area is 87.6 Å². The molecule has 1 fully saturated rings. The van der Waals surface area contributed by atoms with E-state index < -0.39 is 0 Å². The third kappa shape index (κ3) is 2.14. The molecule has 1 nitrogen and oxygen atoms in total. The molecule has 3 heteroatoms. The molecule has 0 aromatic heterocycles. The third-order valence-electron chi connectivity index (χ3n) is 2.30. The molecule has 1 aromatic carbocycles. The SMILES string of the molecule is Fc1ccc(C=C2CCNC2)c(Cl)c1. The maximum Gasteiger partial charge on any atom is 0.124 e. The zero-order chi connectivity index (χ0) is 9.97. The minimum atomic E-state index is -0.290. The maximum atomic E-state index is 12.7. The highest BCUT2D eigenvalue weighted by Crippen LogP contribution is 2.21. The molecule has 0 amide bonds. The summed E-state index contributed by atoms with van der Waals surface area (Å²) in [5.74, 6) is -0.290. The summed E-state index contributed by atoms with van der Waals surface area (Å²) < 4.78 is 12.7. The summed E-state index contributed by atoms with van der Waals surface area (Å²) in [5.41, 5.74) is 2.21.